The Bertz CT molecular complexity index is 667. The van der Waals surface area contributed by atoms with E-state index in [-0.39, 0.29) is 5.78 Å². The van der Waals surface area contributed by atoms with Crippen molar-refractivity contribution in [1.82, 2.24) is 0 Å². The number of hydrogen-bond donors (Lipinski definition) is 1. The Morgan fingerprint density at radius 3 is 1.91 bits per heavy atom. The van der Waals surface area contributed by atoms with E-state index in [0.717, 1.165) is 11.1 Å². The van der Waals surface area contributed by atoms with Gasteiger partial charge in [0.2, 0.25) is 0 Å². The van der Waals surface area contributed by atoms with Crippen molar-refractivity contribution in [2.75, 3.05) is 0 Å². The Morgan fingerprint density at radius 1 is 0.909 bits per heavy atom. The molecule has 0 fully saturated rings. The molecule has 2 aromatic rings. The first kappa shape index (κ1) is 16.2. The van der Waals surface area contributed by atoms with E-state index in [1.54, 1.807) is 24.3 Å². The number of allylic oxidation sites excluding steroid dienone is 1. The first-order valence-corrected chi connectivity index (χ1v) is 7.46. The van der Waals surface area contributed by atoms with Crippen LogP contribution in [0, 0.1) is 0 Å². The molecule has 0 spiro atoms. The van der Waals surface area contributed by atoms with Gasteiger partial charge in [0, 0.05) is 12.0 Å². The fraction of sp³-hybridized carbons (Fsp3) is 0.250. The zero-order valence-corrected chi connectivity index (χ0v) is 13.3. The predicted octanol–water partition coefficient (Wildman–Crippen LogP) is 4.50. The zero-order chi connectivity index (χ0) is 16.2. The normalized spacial score (nSPS) is 13.3. The van der Waals surface area contributed by atoms with Crippen molar-refractivity contribution in [2.45, 2.75) is 32.8 Å². The quantitative estimate of drug-likeness (QED) is 0.651. The molecule has 0 saturated carbocycles. The molecule has 22 heavy (non-hydrogen) atoms. The van der Waals surface area contributed by atoms with Crippen molar-refractivity contribution in [3.63, 3.8) is 0 Å². The molecule has 0 radical (unpaired) electrons. The molecule has 0 heterocycles. The van der Waals surface area contributed by atoms with E-state index >= 15 is 0 Å². The molecule has 114 valence electrons. The van der Waals surface area contributed by atoms with Gasteiger partial charge in [0.1, 0.15) is 0 Å². The second kappa shape index (κ2) is 6.71. The third-order valence-electron chi connectivity index (χ3n) is 4.04. The van der Waals surface area contributed by atoms with Gasteiger partial charge in [-0.3, -0.25) is 4.79 Å². The first-order chi connectivity index (χ1) is 10.4. The summed E-state index contributed by atoms with van der Waals surface area (Å²) in [5, 5.41) is 11.2. The lowest BCUT2D eigenvalue weighted by Crippen LogP contribution is -2.36. The molecule has 0 aliphatic carbocycles. The van der Waals surface area contributed by atoms with Crippen molar-refractivity contribution >= 4 is 5.78 Å². The molecule has 0 aliphatic heterocycles. The summed E-state index contributed by atoms with van der Waals surface area (Å²) < 4.78 is 0. The van der Waals surface area contributed by atoms with E-state index in [9.17, 15) is 9.90 Å². The van der Waals surface area contributed by atoms with Gasteiger partial charge in [0.15, 0.2) is 11.4 Å². The van der Waals surface area contributed by atoms with Gasteiger partial charge in [0.25, 0.3) is 0 Å². The highest BCUT2D eigenvalue weighted by atomic mass is 16.3. The maximum absolute atomic E-state index is 13.0. The van der Waals surface area contributed by atoms with Gasteiger partial charge in [-0.25, -0.2) is 0 Å². The van der Waals surface area contributed by atoms with Crippen LogP contribution >= 0.6 is 0 Å². The Hall–Kier alpha value is -2.19. The number of rotatable bonds is 5. The minimum absolute atomic E-state index is 0.264. The standard InChI is InChI=1S/C20H22O2/c1-15(2)16(3)14-20(22,18-12-8-5-9-13-18)19(21)17-10-6-4-7-11-17/h4-13,22H,14H2,1-3H3. The zero-order valence-electron chi connectivity index (χ0n) is 13.3. The summed E-state index contributed by atoms with van der Waals surface area (Å²) in [5.41, 5.74) is 1.76. The third-order valence-corrected chi connectivity index (χ3v) is 4.04. The van der Waals surface area contributed by atoms with Gasteiger partial charge in [-0.15, -0.1) is 0 Å². The molecule has 2 heteroatoms. The van der Waals surface area contributed by atoms with Crippen molar-refractivity contribution < 1.29 is 9.90 Å². The van der Waals surface area contributed by atoms with Crippen molar-refractivity contribution in [1.29, 1.82) is 0 Å². The topological polar surface area (TPSA) is 37.3 Å². The second-order valence-electron chi connectivity index (χ2n) is 5.88. The van der Waals surface area contributed by atoms with Crippen LogP contribution in [-0.4, -0.2) is 10.9 Å². The maximum atomic E-state index is 13.0. The summed E-state index contributed by atoms with van der Waals surface area (Å²) in [6.07, 6.45) is 0.299. The fourth-order valence-electron chi connectivity index (χ4n) is 2.42. The minimum Gasteiger partial charge on any atom is -0.377 e. The number of hydrogen-bond acceptors (Lipinski definition) is 2. The molecule has 0 saturated heterocycles. The van der Waals surface area contributed by atoms with Crippen LogP contribution in [0.5, 0.6) is 0 Å². The third kappa shape index (κ3) is 3.34. The van der Waals surface area contributed by atoms with E-state index in [0.29, 0.717) is 17.5 Å². The highest BCUT2D eigenvalue weighted by molar-refractivity contribution is 6.03. The van der Waals surface area contributed by atoms with E-state index < -0.39 is 5.60 Å². The van der Waals surface area contributed by atoms with E-state index in [1.807, 2.05) is 57.2 Å². The van der Waals surface area contributed by atoms with Crippen LogP contribution in [0.1, 0.15) is 43.1 Å². The highest BCUT2D eigenvalue weighted by Gasteiger charge is 2.38. The molecule has 0 bridgehead atoms. The number of aliphatic hydroxyl groups is 1. The highest BCUT2D eigenvalue weighted by Crippen LogP contribution is 2.33. The lowest BCUT2D eigenvalue weighted by molar-refractivity contribution is 0.0298. The first-order valence-electron chi connectivity index (χ1n) is 7.46. The maximum Gasteiger partial charge on any atom is 0.199 e. The lowest BCUT2D eigenvalue weighted by Gasteiger charge is -2.28. The van der Waals surface area contributed by atoms with Gasteiger partial charge >= 0.3 is 0 Å². The van der Waals surface area contributed by atoms with Gasteiger partial charge in [-0.1, -0.05) is 71.8 Å². The molecule has 2 nitrogen and oxygen atoms in total. The molecular formula is C20H22O2. The molecular weight excluding hydrogens is 272 g/mol. The van der Waals surface area contributed by atoms with Crippen LogP contribution in [0.3, 0.4) is 0 Å². The van der Waals surface area contributed by atoms with Crippen molar-refractivity contribution in [3.05, 3.63) is 82.9 Å². The molecule has 0 aromatic heterocycles. The Labute approximate surface area is 132 Å². The summed E-state index contributed by atoms with van der Waals surface area (Å²) in [5.74, 6) is -0.264. The predicted molar refractivity (Wildman–Crippen MR) is 89.8 cm³/mol. The molecule has 0 aliphatic rings. The molecule has 1 unspecified atom stereocenters. The Kier molecular flexibility index (Phi) is 4.94. The number of carbonyl (C=O) groups excluding carboxylic acids is 1. The van der Waals surface area contributed by atoms with Gasteiger partial charge in [-0.2, -0.15) is 0 Å². The average Bonchev–Trinajstić information content (AvgIpc) is 2.55. The number of carbonyl (C=O) groups is 1. The second-order valence-corrected chi connectivity index (χ2v) is 5.88. The van der Waals surface area contributed by atoms with Gasteiger partial charge in [-0.05, 0) is 26.3 Å². The van der Waals surface area contributed by atoms with Crippen LogP contribution in [0.25, 0.3) is 0 Å². The number of Topliss-reactive ketones (excluding diaryl/α,β-unsaturated/α-hetero) is 1. The van der Waals surface area contributed by atoms with Gasteiger partial charge < -0.3 is 5.11 Å². The van der Waals surface area contributed by atoms with E-state index in [1.165, 1.54) is 0 Å². The summed E-state index contributed by atoms with van der Waals surface area (Å²) >= 11 is 0. The van der Waals surface area contributed by atoms with Crippen LogP contribution in [0.2, 0.25) is 0 Å². The number of benzene rings is 2. The SMILES string of the molecule is CC(C)=C(C)CC(O)(C(=O)c1ccccc1)c1ccccc1. The molecule has 0 amide bonds. The van der Waals surface area contributed by atoms with Crippen LogP contribution in [-0.2, 0) is 5.60 Å². The molecule has 2 aromatic carbocycles. The van der Waals surface area contributed by atoms with Crippen LogP contribution in [0.15, 0.2) is 71.8 Å². The van der Waals surface area contributed by atoms with Gasteiger partial charge in [0.05, 0.1) is 0 Å². The van der Waals surface area contributed by atoms with E-state index in [4.69, 9.17) is 0 Å². The fourth-order valence-corrected chi connectivity index (χ4v) is 2.42. The Balaban J connectivity index is 2.51. The molecule has 1 atom stereocenters. The Morgan fingerprint density at radius 2 is 1.41 bits per heavy atom. The summed E-state index contributed by atoms with van der Waals surface area (Å²) in [7, 11) is 0. The monoisotopic (exact) mass is 294 g/mol. The lowest BCUT2D eigenvalue weighted by atomic mass is 9.80. The average molecular weight is 294 g/mol. The van der Waals surface area contributed by atoms with Crippen LogP contribution in [0.4, 0.5) is 0 Å². The smallest absolute Gasteiger partial charge is 0.199 e. The van der Waals surface area contributed by atoms with Crippen molar-refractivity contribution in [2.24, 2.45) is 0 Å². The number of ketones is 1. The summed E-state index contributed by atoms with van der Waals surface area (Å²) in [6.45, 7) is 5.95. The minimum atomic E-state index is -1.54. The summed E-state index contributed by atoms with van der Waals surface area (Å²) in [4.78, 5) is 13.0. The summed E-state index contributed by atoms with van der Waals surface area (Å²) in [6, 6.07) is 18.1. The molecule has 1 N–H and O–H groups in total. The molecule has 2 rings (SSSR count). The van der Waals surface area contributed by atoms with Crippen molar-refractivity contribution in [3.8, 4) is 0 Å². The van der Waals surface area contributed by atoms with E-state index in [2.05, 4.69) is 0 Å². The van der Waals surface area contributed by atoms with Crippen LogP contribution < -0.4 is 0 Å². The largest absolute Gasteiger partial charge is 0.377 e.